The summed E-state index contributed by atoms with van der Waals surface area (Å²) in [6.45, 7) is 0.367. The molecule has 5 heteroatoms. The molecule has 0 aliphatic carbocycles. The monoisotopic (exact) mass is 374 g/mol. The number of nitrogens with one attached hydrogen (secondary N) is 1. The molecule has 0 unspecified atom stereocenters. The Morgan fingerprint density at radius 1 is 0.964 bits per heavy atom. The molecule has 0 fully saturated rings. The van der Waals surface area contributed by atoms with Crippen LogP contribution in [-0.4, -0.2) is 25.1 Å². The van der Waals surface area contributed by atoms with Crippen LogP contribution < -0.4 is 14.8 Å². The number of hydrogen-bond acceptors (Lipinski definition) is 4. The van der Waals surface area contributed by atoms with Crippen molar-refractivity contribution in [1.82, 2.24) is 10.3 Å². The number of benzene rings is 2. The van der Waals surface area contributed by atoms with Gasteiger partial charge in [0.15, 0.2) is 0 Å². The second-order valence-electron chi connectivity index (χ2n) is 6.06. The lowest BCUT2D eigenvalue weighted by atomic mass is 10.0. The zero-order chi connectivity index (χ0) is 19.8. The first kappa shape index (κ1) is 19.2. The lowest BCUT2D eigenvalue weighted by Gasteiger charge is -2.11. The van der Waals surface area contributed by atoms with E-state index < -0.39 is 0 Å². The number of para-hydroxylation sites is 1. The van der Waals surface area contributed by atoms with Crippen LogP contribution in [0.1, 0.15) is 16.7 Å². The SMILES string of the molecule is COc1ccc(CNC(=O)/C(=C/c2ccccc2OC)c2ccccc2)cn1. The van der Waals surface area contributed by atoms with Crippen molar-refractivity contribution in [3.63, 3.8) is 0 Å². The van der Waals surface area contributed by atoms with Crippen LogP contribution in [-0.2, 0) is 11.3 Å². The van der Waals surface area contributed by atoms with Crippen molar-refractivity contribution in [2.24, 2.45) is 0 Å². The van der Waals surface area contributed by atoms with Crippen molar-refractivity contribution in [2.45, 2.75) is 6.54 Å². The second kappa shape index (κ2) is 9.37. The van der Waals surface area contributed by atoms with Crippen LogP contribution in [0.5, 0.6) is 11.6 Å². The second-order valence-corrected chi connectivity index (χ2v) is 6.06. The fourth-order valence-corrected chi connectivity index (χ4v) is 2.75. The normalized spacial score (nSPS) is 11.0. The Bertz CT molecular complexity index is 951. The summed E-state index contributed by atoms with van der Waals surface area (Å²) in [7, 11) is 3.18. The molecule has 1 N–H and O–H groups in total. The number of amides is 1. The summed E-state index contributed by atoms with van der Waals surface area (Å²) in [6, 6.07) is 20.8. The average Bonchev–Trinajstić information content (AvgIpc) is 2.77. The Morgan fingerprint density at radius 3 is 2.39 bits per heavy atom. The Balaban J connectivity index is 1.86. The van der Waals surface area contributed by atoms with Gasteiger partial charge in [0.05, 0.1) is 14.2 Å². The molecule has 142 valence electrons. The smallest absolute Gasteiger partial charge is 0.252 e. The predicted molar refractivity (Wildman–Crippen MR) is 110 cm³/mol. The van der Waals surface area contributed by atoms with Gasteiger partial charge in [-0.3, -0.25) is 4.79 Å². The highest BCUT2D eigenvalue weighted by Gasteiger charge is 2.13. The van der Waals surface area contributed by atoms with Gasteiger partial charge in [0.2, 0.25) is 5.88 Å². The maximum Gasteiger partial charge on any atom is 0.252 e. The highest BCUT2D eigenvalue weighted by atomic mass is 16.5. The average molecular weight is 374 g/mol. The number of hydrogen-bond donors (Lipinski definition) is 1. The van der Waals surface area contributed by atoms with Gasteiger partial charge in [0.1, 0.15) is 5.75 Å². The van der Waals surface area contributed by atoms with Crippen molar-refractivity contribution in [2.75, 3.05) is 14.2 Å². The molecule has 28 heavy (non-hydrogen) atoms. The largest absolute Gasteiger partial charge is 0.496 e. The van der Waals surface area contributed by atoms with Crippen LogP contribution in [0.2, 0.25) is 0 Å². The number of carbonyl (C=O) groups excluding carboxylic acids is 1. The zero-order valence-corrected chi connectivity index (χ0v) is 15.9. The summed E-state index contributed by atoms with van der Waals surface area (Å²) in [5.74, 6) is 1.08. The fourth-order valence-electron chi connectivity index (χ4n) is 2.75. The first-order chi connectivity index (χ1) is 13.7. The molecule has 1 heterocycles. The minimum atomic E-state index is -0.173. The van der Waals surface area contributed by atoms with Crippen LogP contribution in [0.3, 0.4) is 0 Å². The van der Waals surface area contributed by atoms with E-state index in [1.54, 1.807) is 26.5 Å². The third-order valence-electron chi connectivity index (χ3n) is 4.23. The van der Waals surface area contributed by atoms with Crippen molar-refractivity contribution in [1.29, 1.82) is 0 Å². The molecular weight excluding hydrogens is 352 g/mol. The van der Waals surface area contributed by atoms with Crippen LogP contribution in [0.15, 0.2) is 72.9 Å². The highest BCUT2D eigenvalue weighted by Crippen LogP contribution is 2.25. The van der Waals surface area contributed by atoms with E-state index in [1.807, 2.05) is 66.7 Å². The van der Waals surface area contributed by atoms with E-state index in [4.69, 9.17) is 9.47 Å². The van der Waals surface area contributed by atoms with Crippen molar-refractivity contribution in [3.05, 3.63) is 89.6 Å². The summed E-state index contributed by atoms with van der Waals surface area (Å²) in [4.78, 5) is 17.1. The Morgan fingerprint density at radius 2 is 1.71 bits per heavy atom. The molecule has 0 saturated carbocycles. The number of methoxy groups -OCH3 is 2. The lowest BCUT2D eigenvalue weighted by Crippen LogP contribution is -2.24. The number of carbonyl (C=O) groups is 1. The van der Waals surface area contributed by atoms with Crippen LogP contribution >= 0.6 is 0 Å². The number of pyridine rings is 1. The third kappa shape index (κ3) is 4.76. The molecule has 0 aliphatic heterocycles. The van der Waals surface area contributed by atoms with Gasteiger partial charge in [-0.25, -0.2) is 4.98 Å². The molecule has 3 aromatic rings. The van der Waals surface area contributed by atoms with Crippen LogP contribution in [0.25, 0.3) is 11.6 Å². The fraction of sp³-hybridized carbons (Fsp3) is 0.130. The van der Waals surface area contributed by atoms with E-state index >= 15 is 0 Å². The minimum absolute atomic E-state index is 0.173. The van der Waals surface area contributed by atoms with Gasteiger partial charge in [0, 0.05) is 29.9 Å². The van der Waals surface area contributed by atoms with Gasteiger partial charge in [0.25, 0.3) is 5.91 Å². The standard InChI is InChI=1S/C23H22N2O3/c1-27-21-11-7-6-10-19(21)14-20(18-8-4-3-5-9-18)23(26)25-16-17-12-13-22(28-2)24-15-17/h3-15H,16H2,1-2H3,(H,25,26)/b20-14+. The topological polar surface area (TPSA) is 60.5 Å². The summed E-state index contributed by atoms with van der Waals surface area (Å²) in [5, 5.41) is 2.96. The molecule has 0 aliphatic rings. The maximum atomic E-state index is 13.0. The number of ether oxygens (including phenoxy) is 2. The quantitative estimate of drug-likeness (QED) is 0.502. The first-order valence-corrected chi connectivity index (χ1v) is 8.88. The van der Waals surface area contributed by atoms with E-state index in [-0.39, 0.29) is 5.91 Å². The number of nitrogens with zero attached hydrogens (tertiary/aromatic N) is 1. The van der Waals surface area contributed by atoms with E-state index in [1.165, 1.54) is 0 Å². The van der Waals surface area contributed by atoms with Gasteiger partial charge >= 0.3 is 0 Å². The zero-order valence-electron chi connectivity index (χ0n) is 15.9. The molecule has 3 rings (SSSR count). The summed E-state index contributed by atoms with van der Waals surface area (Å²) in [5.41, 5.74) is 3.12. The molecule has 2 aromatic carbocycles. The number of rotatable bonds is 7. The van der Waals surface area contributed by atoms with Crippen molar-refractivity contribution in [3.8, 4) is 11.6 Å². The van der Waals surface area contributed by atoms with E-state index in [0.29, 0.717) is 23.7 Å². The lowest BCUT2D eigenvalue weighted by molar-refractivity contribution is -0.115. The van der Waals surface area contributed by atoms with Gasteiger partial charge in [-0.05, 0) is 23.3 Å². The van der Waals surface area contributed by atoms with Gasteiger partial charge in [-0.15, -0.1) is 0 Å². The molecule has 0 atom stereocenters. The van der Waals surface area contributed by atoms with Gasteiger partial charge in [-0.1, -0.05) is 54.6 Å². The third-order valence-corrected chi connectivity index (χ3v) is 4.23. The molecule has 0 radical (unpaired) electrons. The summed E-state index contributed by atoms with van der Waals surface area (Å²) >= 11 is 0. The Labute approximate surface area is 164 Å². The first-order valence-electron chi connectivity index (χ1n) is 8.88. The van der Waals surface area contributed by atoms with E-state index in [9.17, 15) is 4.79 Å². The molecule has 0 saturated heterocycles. The van der Waals surface area contributed by atoms with Crippen molar-refractivity contribution < 1.29 is 14.3 Å². The van der Waals surface area contributed by atoms with E-state index in [0.717, 1.165) is 16.7 Å². The molecule has 5 nitrogen and oxygen atoms in total. The highest BCUT2D eigenvalue weighted by molar-refractivity contribution is 6.24. The van der Waals surface area contributed by atoms with Crippen LogP contribution in [0, 0.1) is 0 Å². The van der Waals surface area contributed by atoms with Crippen LogP contribution in [0.4, 0.5) is 0 Å². The number of aromatic nitrogens is 1. The van der Waals surface area contributed by atoms with Gasteiger partial charge in [-0.2, -0.15) is 0 Å². The molecule has 0 spiro atoms. The Kier molecular flexibility index (Phi) is 6.41. The summed E-state index contributed by atoms with van der Waals surface area (Å²) in [6.07, 6.45) is 3.53. The van der Waals surface area contributed by atoms with Gasteiger partial charge < -0.3 is 14.8 Å². The Hall–Kier alpha value is -3.60. The molecular formula is C23H22N2O3. The predicted octanol–water partition coefficient (Wildman–Crippen LogP) is 3.96. The maximum absolute atomic E-state index is 13.0. The summed E-state index contributed by atoms with van der Waals surface area (Å²) < 4.78 is 10.5. The molecule has 0 bridgehead atoms. The van der Waals surface area contributed by atoms with Crippen molar-refractivity contribution >= 4 is 17.6 Å². The molecule has 1 aromatic heterocycles. The molecule has 1 amide bonds. The van der Waals surface area contributed by atoms with E-state index in [2.05, 4.69) is 10.3 Å². The minimum Gasteiger partial charge on any atom is -0.496 e.